The summed E-state index contributed by atoms with van der Waals surface area (Å²) in [6.07, 6.45) is 1.60. The van der Waals surface area contributed by atoms with Gasteiger partial charge in [0.2, 0.25) is 5.13 Å². The molecule has 2 N–H and O–H groups in total. The van der Waals surface area contributed by atoms with E-state index in [0.717, 1.165) is 18.1 Å². The summed E-state index contributed by atoms with van der Waals surface area (Å²) in [4.78, 5) is 20.1. The van der Waals surface area contributed by atoms with Crippen molar-refractivity contribution in [2.45, 2.75) is 13.8 Å². The monoisotopic (exact) mass is 263 g/mol. The first-order chi connectivity index (χ1) is 8.69. The number of nitrogens with zero attached hydrogens (tertiary/aromatic N) is 3. The normalized spacial score (nSPS) is 10.1. The second-order valence-corrected chi connectivity index (χ2v) is 4.31. The van der Waals surface area contributed by atoms with Crippen molar-refractivity contribution < 1.29 is 4.79 Å². The molecule has 0 aliphatic rings. The molecule has 18 heavy (non-hydrogen) atoms. The van der Waals surface area contributed by atoms with Crippen molar-refractivity contribution in [3.05, 3.63) is 29.7 Å². The Morgan fingerprint density at radius 2 is 2.33 bits per heavy atom. The summed E-state index contributed by atoms with van der Waals surface area (Å²) in [5.41, 5.74) is 0.536. The first-order valence-corrected chi connectivity index (χ1v) is 6.28. The predicted octanol–water partition coefficient (Wildman–Crippen LogP) is 1.93. The highest BCUT2D eigenvalue weighted by atomic mass is 32.1. The van der Waals surface area contributed by atoms with E-state index in [-0.39, 0.29) is 5.91 Å². The minimum atomic E-state index is -0.215. The van der Waals surface area contributed by atoms with E-state index in [0.29, 0.717) is 22.3 Å². The Hall–Kier alpha value is -2.02. The Kier molecular flexibility index (Phi) is 3.83. The highest BCUT2D eigenvalue weighted by Crippen LogP contribution is 2.13. The van der Waals surface area contributed by atoms with Crippen LogP contribution >= 0.6 is 11.5 Å². The van der Waals surface area contributed by atoms with Crippen LogP contribution in [0.25, 0.3) is 0 Å². The van der Waals surface area contributed by atoms with Gasteiger partial charge in [-0.2, -0.15) is 4.37 Å². The number of amides is 1. The lowest BCUT2D eigenvalue weighted by Gasteiger charge is -2.04. The maximum absolute atomic E-state index is 12.0. The fourth-order valence-corrected chi connectivity index (χ4v) is 1.94. The average molecular weight is 263 g/mol. The molecule has 7 heteroatoms. The number of carbonyl (C=O) groups excluding carboxylic acids is 1. The van der Waals surface area contributed by atoms with Crippen LogP contribution in [0.15, 0.2) is 18.3 Å². The molecular formula is C11H13N5OS. The first kappa shape index (κ1) is 12.4. The molecule has 0 radical (unpaired) electrons. The number of pyridine rings is 1. The van der Waals surface area contributed by atoms with Crippen LogP contribution in [0.3, 0.4) is 0 Å². The molecule has 2 aromatic rings. The quantitative estimate of drug-likeness (QED) is 0.881. The molecule has 0 aliphatic carbocycles. The molecule has 0 spiro atoms. The number of hydrogen-bond donors (Lipinski definition) is 2. The molecule has 0 saturated carbocycles. The van der Waals surface area contributed by atoms with Crippen LogP contribution in [0.4, 0.5) is 10.9 Å². The van der Waals surface area contributed by atoms with Crippen LogP contribution in [0.5, 0.6) is 0 Å². The number of carbonyl (C=O) groups is 1. The van der Waals surface area contributed by atoms with Gasteiger partial charge in [-0.15, -0.1) is 0 Å². The van der Waals surface area contributed by atoms with Crippen molar-refractivity contribution in [3.8, 4) is 0 Å². The van der Waals surface area contributed by atoms with Crippen LogP contribution < -0.4 is 10.6 Å². The second-order valence-electron chi connectivity index (χ2n) is 3.56. The smallest absolute Gasteiger partial charge is 0.257 e. The predicted molar refractivity (Wildman–Crippen MR) is 71.0 cm³/mol. The van der Waals surface area contributed by atoms with Crippen molar-refractivity contribution in [1.82, 2.24) is 14.3 Å². The molecular weight excluding hydrogens is 250 g/mol. The highest BCUT2D eigenvalue weighted by molar-refractivity contribution is 7.09. The van der Waals surface area contributed by atoms with Gasteiger partial charge < -0.3 is 5.32 Å². The molecule has 2 heterocycles. The molecule has 0 bridgehead atoms. The Bertz CT molecular complexity index is 554. The second kappa shape index (κ2) is 5.54. The van der Waals surface area contributed by atoms with Crippen LogP contribution in [0.2, 0.25) is 0 Å². The van der Waals surface area contributed by atoms with Crippen LogP contribution in [0, 0.1) is 6.92 Å². The van der Waals surface area contributed by atoms with E-state index in [4.69, 9.17) is 0 Å². The van der Waals surface area contributed by atoms with Gasteiger partial charge in [0.15, 0.2) is 0 Å². The third-order valence-corrected chi connectivity index (χ3v) is 2.85. The average Bonchev–Trinajstić information content (AvgIpc) is 2.75. The fraction of sp³-hybridized carbons (Fsp3) is 0.273. The summed E-state index contributed by atoms with van der Waals surface area (Å²) in [6.45, 7) is 4.51. The lowest BCUT2D eigenvalue weighted by Crippen LogP contribution is -2.12. The molecule has 2 aromatic heterocycles. The van der Waals surface area contributed by atoms with Crippen LogP contribution in [-0.2, 0) is 0 Å². The van der Waals surface area contributed by atoms with Gasteiger partial charge in [0.25, 0.3) is 5.91 Å². The van der Waals surface area contributed by atoms with Crippen molar-refractivity contribution in [1.29, 1.82) is 0 Å². The van der Waals surface area contributed by atoms with E-state index in [9.17, 15) is 4.79 Å². The van der Waals surface area contributed by atoms with E-state index < -0.39 is 0 Å². The lowest BCUT2D eigenvalue weighted by molar-refractivity contribution is 0.102. The number of hydrogen-bond acceptors (Lipinski definition) is 6. The number of aryl methyl sites for hydroxylation is 1. The summed E-state index contributed by atoms with van der Waals surface area (Å²) in [6, 6.07) is 3.36. The summed E-state index contributed by atoms with van der Waals surface area (Å²) in [5.74, 6) is 1.12. The van der Waals surface area contributed by atoms with Gasteiger partial charge in [-0.05, 0) is 26.0 Å². The molecule has 1 amide bonds. The van der Waals surface area contributed by atoms with Gasteiger partial charge in [-0.3, -0.25) is 10.1 Å². The Morgan fingerprint density at radius 3 is 3.00 bits per heavy atom. The Labute approximate surface area is 109 Å². The van der Waals surface area contributed by atoms with Gasteiger partial charge in [-0.1, -0.05) is 0 Å². The first-order valence-electron chi connectivity index (χ1n) is 5.50. The maximum atomic E-state index is 12.0. The van der Waals surface area contributed by atoms with E-state index >= 15 is 0 Å². The number of anilines is 2. The molecule has 0 atom stereocenters. The Morgan fingerprint density at radius 1 is 1.50 bits per heavy atom. The van der Waals surface area contributed by atoms with Gasteiger partial charge >= 0.3 is 0 Å². The third-order valence-electron chi connectivity index (χ3n) is 2.13. The minimum Gasteiger partial charge on any atom is -0.370 e. The zero-order valence-corrected chi connectivity index (χ0v) is 10.9. The minimum absolute atomic E-state index is 0.215. The van der Waals surface area contributed by atoms with E-state index in [1.165, 1.54) is 0 Å². The van der Waals surface area contributed by atoms with Gasteiger partial charge in [-0.25, -0.2) is 9.97 Å². The topological polar surface area (TPSA) is 79.8 Å². The molecule has 0 unspecified atom stereocenters. The SMILES string of the molecule is CCNc1cc(C(=O)Nc2nc(C)ns2)ccn1. The molecule has 0 aliphatic heterocycles. The molecule has 0 aromatic carbocycles. The van der Waals surface area contributed by atoms with Crippen LogP contribution in [-0.4, -0.2) is 26.8 Å². The third kappa shape index (κ3) is 3.01. The summed E-state index contributed by atoms with van der Waals surface area (Å²) in [7, 11) is 0. The van der Waals surface area contributed by atoms with Crippen molar-refractivity contribution in [2.75, 3.05) is 17.2 Å². The standard InChI is InChI=1S/C11H13N5OS/c1-3-12-9-6-8(4-5-13-9)10(17)15-11-14-7(2)16-18-11/h4-6H,3H2,1-2H3,(H,12,13)(H,14,15,16,17). The molecule has 2 rings (SSSR count). The van der Waals surface area contributed by atoms with Crippen molar-refractivity contribution in [3.63, 3.8) is 0 Å². The van der Waals surface area contributed by atoms with E-state index in [1.54, 1.807) is 25.3 Å². The largest absolute Gasteiger partial charge is 0.370 e. The fourth-order valence-electron chi connectivity index (χ4n) is 1.37. The number of rotatable bonds is 4. The molecule has 0 saturated heterocycles. The Balaban J connectivity index is 2.11. The summed E-state index contributed by atoms with van der Waals surface area (Å²) < 4.78 is 4.00. The summed E-state index contributed by atoms with van der Waals surface area (Å²) >= 11 is 1.16. The van der Waals surface area contributed by atoms with Gasteiger partial charge in [0, 0.05) is 29.8 Å². The molecule has 0 fully saturated rings. The maximum Gasteiger partial charge on any atom is 0.257 e. The molecule has 6 nitrogen and oxygen atoms in total. The van der Waals surface area contributed by atoms with E-state index in [1.807, 2.05) is 6.92 Å². The number of aromatic nitrogens is 3. The van der Waals surface area contributed by atoms with Crippen molar-refractivity contribution >= 4 is 28.4 Å². The van der Waals surface area contributed by atoms with Crippen LogP contribution in [0.1, 0.15) is 23.1 Å². The van der Waals surface area contributed by atoms with Gasteiger partial charge in [0.1, 0.15) is 11.6 Å². The van der Waals surface area contributed by atoms with E-state index in [2.05, 4.69) is 25.0 Å². The number of nitrogens with one attached hydrogen (secondary N) is 2. The highest BCUT2D eigenvalue weighted by Gasteiger charge is 2.09. The molecule has 94 valence electrons. The van der Waals surface area contributed by atoms with Crippen molar-refractivity contribution in [2.24, 2.45) is 0 Å². The lowest BCUT2D eigenvalue weighted by atomic mass is 10.2. The zero-order valence-electron chi connectivity index (χ0n) is 10.1. The zero-order chi connectivity index (χ0) is 13.0. The van der Waals surface area contributed by atoms with Gasteiger partial charge in [0.05, 0.1) is 0 Å². The summed E-state index contributed by atoms with van der Waals surface area (Å²) in [5, 5.41) is 6.25.